The van der Waals surface area contributed by atoms with Crippen molar-refractivity contribution < 1.29 is 0 Å². The Hall–Kier alpha value is -1.30. The Morgan fingerprint density at radius 1 is 1.00 bits per heavy atom. The van der Waals surface area contributed by atoms with Crippen LogP contribution in [-0.2, 0) is 0 Å². The lowest BCUT2D eigenvalue weighted by molar-refractivity contribution is 0.377. The van der Waals surface area contributed by atoms with Gasteiger partial charge in [0.25, 0.3) is 0 Å². The van der Waals surface area contributed by atoms with Crippen LogP contribution >= 0.6 is 0 Å². The number of allylic oxidation sites excluding steroid dienone is 10. The van der Waals surface area contributed by atoms with E-state index in [0.717, 1.165) is 0 Å². The van der Waals surface area contributed by atoms with Crippen LogP contribution in [0.4, 0.5) is 0 Å². The lowest BCUT2D eigenvalue weighted by atomic mass is 9.72. The first-order valence-electron chi connectivity index (χ1n) is 8.74. The van der Waals surface area contributed by atoms with Gasteiger partial charge in [-0.1, -0.05) is 54.9 Å². The smallest absolute Gasteiger partial charge is 0.0104 e. The third kappa shape index (κ3) is 3.91. The molecule has 0 heteroatoms. The minimum absolute atomic E-state index is 0.333. The molecule has 0 aromatic rings. The number of hydrogen-bond acceptors (Lipinski definition) is 0. The fraction of sp³-hybridized carbons (Fsp3) is 0.545. The Bertz CT molecular complexity index is 586. The first-order chi connectivity index (χ1) is 10.3. The van der Waals surface area contributed by atoms with Gasteiger partial charge in [0.1, 0.15) is 0 Å². The average molecular weight is 296 g/mol. The fourth-order valence-electron chi connectivity index (χ4n) is 3.69. The summed E-state index contributed by atoms with van der Waals surface area (Å²) in [4.78, 5) is 0. The van der Waals surface area contributed by atoms with E-state index >= 15 is 0 Å². The maximum atomic E-state index is 2.38. The average Bonchev–Trinajstić information content (AvgIpc) is 2.75. The molecular weight excluding hydrogens is 264 g/mol. The third-order valence-corrected chi connectivity index (χ3v) is 5.49. The second kappa shape index (κ2) is 6.86. The minimum atomic E-state index is 0.333. The fourth-order valence-corrected chi connectivity index (χ4v) is 3.69. The van der Waals surface area contributed by atoms with E-state index in [2.05, 4.69) is 65.8 Å². The predicted molar refractivity (Wildman–Crippen MR) is 98.9 cm³/mol. The Kier molecular flexibility index (Phi) is 5.32. The number of hydrogen-bond donors (Lipinski definition) is 0. The van der Waals surface area contributed by atoms with Crippen LogP contribution in [0.5, 0.6) is 0 Å². The summed E-state index contributed by atoms with van der Waals surface area (Å²) in [5.74, 6) is 0. The van der Waals surface area contributed by atoms with Gasteiger partial charge < -0.3 is 0 Å². The predicted octanol–water partition coefficient (Wildman–Crippen LogP) is 7.07. The number of rotatable bonds is 3. The maximum Gasteiger partial charge on any atom is -0.0104 e. The molecule has 0 saturated heterocycles. The highest BCUT2D eigenvalue weighted by Crippen LogP contribution is 2.40. The molecule has 0 spiro atoms. The highest BCUT2D eigenvalue weighted by Gasteiger charge is 2.26. The molecule has 0 heterocycles. The first kappa shape index (κ1) is 17.1. The van der Waals surface area contributed by atoms with E-state index in [0.29, 0.717) is 5.41 Å². The maximum absolute atomic E-state index is 2.38. The highest BCUT2D eigenvalue weighted by atomic mass is 14.3. The molecule has 0 radical (unpaired) electrons. The molecule has 0 saturated carbocycles. The minimum Gasteiger partial charge on any atom is -0.0698 e. The molecule has 0 aliphatic heterocycles. The summed E-state index contributed by atoms with van der Waals surface area (Å²) in [7, 11) is 0. The molecule has 0 atom stereocenters. The van der Waals surface area contributed by atoms with Gasteiger partial charge in [-0.15, -0.1) is 0 Å². The summed E-state index contributed by atoms with van der Waals surface area (Å²) >= 11 is 0. The van der Waals surface area contributed by atoms with Crippen molar-refractivity contribution in [3.63, 3.8) is 0 Å². The van der Waals surface area contributed by atoms with Crippen LogP contribution in [0.1, 0.15) is 73.6 Å². The zero-order valence-electron chi connectivity index (χ0n) is 15.3. The van der Waals surface area contributed by atoms with Gasteiger partial charge in [0.15, 0.2) is 0 Å². The van der Waals surface area contributed by atoms with E-state index in [4.69, 9.17) is 0 Å². The van der Waals surface area contributed by atoms with Crippen LogP contribution in [0, 0.1) is 5.41 Å². The van der Waals surface area contributed by atoms with Crippen LogP contribution in [0.15, 0.2) is 57.7 Å². The molecule has 2 aliphatic rings. The van der Waals surface area contributed by atoms with Crippen molar-refractivity contribution in [1.82, 2.24) is 0 Å². The van der Waals surface area contributed by atoms with Crippen LogP contribution in [0.25, 0.3) is 0 Å². The van der Waals surface area contributed by atoms with Crippen molar-refractivity contribution in [3.8, 4) is 0 Å². The van der Waals surface area contributed by atoms with Crippen molar-refractivity contribution in [2.45, 2.75) is 73.6 Å². The third-order valence-electron chi connectivity index (χ3n) is 5.49. The SMILES string of the molecule is CC1=C(C)/C(=C/C=C(C)\C=C\C2=C(C)CCCC2(C)C)CC1. The Labute approximate surface area is 137 Å². The normalized spacial score (nSPS) is 25.0. The van der Waals surface area contributed by atoms with E-state index in [1.165, 1.54) is 48.8 Å². The largest absolute Gasteiger partial charge is 0.0698 e. The molecular formula is C22H32. The van der Waals surface area contributed by atoms with E-state index in [9.17, 15) is 0 Å². The Morgan fingerprint density at radius 3 is 2.32 bits per heavy atom. The summed E-state index contributed by atoms with van der Waals surface area (Å²) in [6, 6.07) is 0. The van der Waals surface area contributed by atoms with E-state index in [1.807, 2.05) is 0 Å². The van der Waals surface area contributed by atoms with Gasteiger partial charge in [-0.2, -0.15) is 0 Å². The summed E-state index contributed by atoms with van der Waals surface area (Å²) < 4.78 is 0. The molecule has 0 fully saturated rings. The van der Waals surface area contributed by atoms with Crippen molar-refractivity contribution in [3.05, 3.63) is 57.7 Å². The van der Waals surface area contributed by atoms with Gasteiger partial charge in [0, 0.05) is 0 Å². The van der Waals surface area contributed by atoms with Gasteiger partial charge in [-0.25, -0.2) is 0 Å². The first-order valence-corrected chi connectivity index (χ1v) is 8.74. The van der Waals surface area contributed by atoms with E-state index < -0.39 is 0 Å². The monoisotopic (exact) mass is 296 g/mol. The molecule has 0 N–H and O–H groups in total. The van der Waals surface area contributed by atoms with Gasteiger partial charge in [0.2, 0.25) is 0 Å². The molecule has 0 bridgehead atoms. The second-order valence-electron chi connectivity index (χ2n) is 7.77. The molecule has 0 nitrogen and oxygen atoms in total. The topological polar surface area (TPSA) is 0 Å². The van der Waals surface area contributed by atoms with Crippen molar-refractivity contribution in [2.75, 3.05) is 0 Å². The standard InChI is InChI=1S/C22H32/c1-16(9-12-20-13-11-17(2)19(20)4)10-14-21-18(3)8-7-15-22(21,5)6/h9-10,12,14H,7-8,11,13,15H2,1-6H3/b14-10+,16-9-,20-12+. The molecule has 2 rings (SSSR count). The van der Waals surface area contributed by atoms with Crippen molar-refractivity contribution in [1.29, 1.82) is 0 Å². The van der Waals surface area contributed by atoms with Crippen LogP contribution < -0.4 is 0 Å². The Balaban J connectivity index is 2.13. The molecule has 0 aromatic carbocycles. The molecule has 0 amide bonds. The lowest BCUT2D eigenvalue weighted by Gasteiger charge is -2.32. The van der Waals surface area contributed by atoms with Gasteiger partial charge in [0.05, 0.1) is 0 Å². The van der Waals surface area contributed by atoms with Crippen LogP contribution in [-0.4, -0.2) is 0 Å². The van der Waals surface area contributed by atoms with Gasteiger partial charge >= 0.3 is 0 Å². The lowest BCUT2D eigenvalue weighted by Crippen LogP contribution is -2.19. The highest BCUT2D eigenvalue weighted by molar-refractivity contribution is 5.42. The molecule has 2 aliphatic carbocycles. The van der Waals surface area contributed by atoms with Crippen molar-refractivity contribution in [2.24, 2.45) is 5.41 Å². The van der Waals surface area contributed by atoms with Gasteiger partial charge in [-0.3, -0.25) is 0 Å². The van der Waals surface area contributed by atoms with Crippen molar-refractivity contribution >= 4 is 0 Å². The quantitative estimate of drug-likeness (QED) is 0.488. The summed E-state index contributed by atoms with van der Waals surface area (Å²) in [5.41, 5.74) is 9.36. The molecule has 120 valence electrons. The second-order valence-corrected chi connectivity index (χ2v) is 7.77. The molecule has 0 aromatic heterocycles. The van der Waals surface area contributed by atoms with E-state index in [-0.39, 0.29) is 0 Å². The summed E-state index contributed by atoms with van der Waals surface area (Å²) in [6.45, 7) is 13.8. The molecule has 22 heavy (non-hydrogen) atoms. The van der Waals surface area contributed by atoms with Crippen LogP contribution in [0.3, 0.4) is 0 Å². The zero-order chi connectivity index (χ0) is 16.3. The summed E-state index contributed by atoms with van der Waals surface area (Å²) in [6.07, 6.45) is 15.6. The van der Waals surface area contributed by atoms with Gasteiger partial charge in [-0.05, 0) is 81.9 Å². The summed E-state index contributed by atoms with van der Waals surface area (Å²) in [5, 5.41) is 0. The zero-order valence-corrected chi connectivity index (χ0v) is 15.3. The van der Waals surface area contributed by atoms with E-state index in [1.54, 1.807) is 16.7 Å². The van der Waals surface area contributed by atoms with Crippen LogP contribution in [0.2, 0.25) is 0 Å². The Morgan fingerprint density at radius 2 is 1.73 bits per heavy atom. The molecule has 0 unspecified atom stereocenters.